The largest absolute Gasteiger partial charge is 0.497 e. The quantitative estimate of drug-likeness (QED) is 0.276. The monoisotopic (exact) mass is 477 g/mol. The Morgan fingerprint density at radius 1 is 1.09 bits per heavy atom. The van der Waals surface area contributed by atoms with E-state index in [-0.39, 0.29) is 0 Å². The number of fused-ring (bicyclic) bond motifs is 1. The lowest BCUT2D eigenvalue weighted by molar-refractivity contribution is -0.112. The first kappa shape index (κ1) is 23.3. The van der Waals surface area contributed by atoms with Crippen molar-refractivity contribution < 1.29 is 19.1 Å². The van der Waals surface area contributed by atoms with Gasteiger partial charge in [0.25, 0.3) is 11.7 Å². The molecule has 0 aliphatic heterocycles. The summed E-state index contributed by atoms with van der Waals surface area (Å²) in [5.74, 6) is -0.417. The van der Waals surface area contributed by atoms with E-state index < -0.39 is 11.7 Å². The number of methoxy groups -OCH3 is 1. The Hall–Kier alpha value is -3.84. The van der Waals surface area contributed by atoms with Crippen LogP contribution in [0.5, 0.6) is 11.6 Å². The molecule has 4 aromatic rings. The lowest BCUT2D eigenvalue weighted by Crippen LogP contribution is -2.23. The maximum Gasteiger partial charge on any atom is 0.296 e. The fraction of sp³-hybridized carbons (Fsp3) is 0.192. The third-order valence-corrected chi connectivity index (χ3v) is 5.75. The zero-order valence-corrected chi connectivity index (χ0v) is 19.8. The van der Waals surface area contributed by atoms with Gasteiger partial charge in [-0.05, 0) is 55.8 Å². The fourth-order valence-corrected chi connectivity index (χ4v) is 3.99. The minimum atomic E-state index is -0.745. The molecule has 0 atom stereocenters. The molecule has 2 heterocycles. The van der Waals surface area contributed by atoms with Gasteiger partial charge in [0.15, 0.2) is 0 Å². The van der Waals surface area contributed by atoms with Crippen molar-refractivity contribution >= 4 is 39.9 Å². The summed E-state index contributed by atoms with van der Waals surface area (Å²) in [6, 6.07) is 16.2. The molecule has 0 saturated heterocycles. The van der Waals surface area contributed by atoms with Gasteiger partial charge in [0.05, 0.1) is 19.3 Å². The number of Topliss-reactive ketones (excluding diaryl/α,β-unsaturated/α-hetero) is 1. The number of hydrogen-bond donors (Lipinski definition) is 1. The third kappa shape index (κ3) is 4.75. The number of nitrogens with one attached hydrogen (secondary N) is 1. The molecule has 0 saturated carbocycles. The number of nitrogens with zero attached hydrogens (tertiary/aromatic N) is 2. The molecule has 8 heteroatoms. The Morgan fingerprint density at radius 2 is 1.85 bits per heavy atom. The fourth-order valence-electron chi connectivity index (χ4n) is 3.87. The highest BCUT2D eigenvalue weighted by molar-refractivity contribution is 6.48. The molecule has 2 aromatic heterocycles. The third-order valence-electron chi connectivity index (χ3n) is 5.50. The Kier molecular flexibility index (Phi) is 6.84. The van der Waals surface area contributed by atoms with Crippen molar-refractivity contribution in [3.05, 3.63) is 82.6 Å². The van der Waals surface area contributed by atoms with Gasteiger partial charge in [-0.25, -0.2) is 4.98 Å². The second-order valence-electron chi connectivity index (χ2n) is 7.66. The lowest BCUT2D eigenvalue weighted by Gasteiger charge is -2.10. The molecule has 0 unspecified atom stereocenters. The van der Waals surface area contributed by atoms with Crippen molar-refractivity contribution in [2.75, 3.05) is 19.0 Å². The summed E-state index contributed by atoms with van der Waals surface area (Å²) in [7, 11) is 1.56. The van der Waals surface area contributed by atoms with Crippen molar-refractivity contribution in [3.63, 3.8) is 0 Å². The van der Waals surface area contributed by atoms with Crippen molar-refractivity contribution in [1.29, 1.82) is 0 Å². The standard InChI is InChI=1S/C26H24ClN3O4/c1-4-34-23-13-19(11-12-28-23)29-26(32)25(31)24-16(2)30(15-17-5-7-18(27)8-6-17)22-10-9-20(33-3)14-21(22)24/h5-14H,4,15H2,1-3H3,(H,28,29,32). The van der Waals surface area contributed by atoms with Gasteiger partial charge in [0.1, 0.15) is 5.75 Å². The molecule has 1 amide bonds. The van der Waals surface area contributed by atoms with Crippen LogP contribution in [-0.2, 0) is 11.3 Å². The molecule has 7 nitrogen and oxygen atoms in total. The number of carbonyl (C=O) groups is 2. The van der Waals surface area contributed by atoms with Crippen LogP contribution in [0.1, 0.15) is 28.5 Å². The van der Waals surface area contributed by atoms with Crippen LogP contribution in [0.2, 0.25) is 5.02 Å². The number of ketones is 1. The van der Waals surface area contributed by atoms with E-state index in [0.29, 0.717) is 52.1 Å². The minimum Gasteiger partial charge on any atom is -0.497 e. The Balaban J connectivity index is 1.72. The number of rotatable bonds is 8. The zero-order valence-electron chi connectivity index (χ0n) is 19.1. The number of halogens is 1. The van der Waals surface area contributed by atoms with E-state index in [2.05, 4.69) is 10.3 Å². The number of aromatic nitrogens is 2. The average molecular weight is 478 g/mol. The number of amides is 1. The molecule has 4 rings (SSSR count). The second-order valence-corrected chi connectivity index (χ2v) is 8.09. The maximum absolute atomic E-state index is 13.4. The summed E-state index contributed by atoms with van der Waals surface area (Å²) < 4.78 is 12.8. The van der Waals surface area contributed by atoms with E-state index in [1.807, 2.05) is 54.8 Å². The normalized spacial score (nSPS) is 10.8. The van der Waals surface area contributed by atoms with Crippen LogP contribution in [0, 0.1) is 6.92 Å². The van der Waals surface area contributed by atoms with Gasteiger partial charge in [-0.2, -0.15) is 0 Å². The molecule has 0 radical (unpaired) electrons. The highest BCUT2D eigenvalue weighted by Gasteiger charge is 2.26. The van der Waals surface area contributed by atoms with Crippen molar-refractivity contribution in [3.8, 4) is 11.6 Å². The predicted octanol–water partition coefficient (Wildman–Crippen LogP) is 5.28. The summed E-state index contributed by atoms with van der Waals surface area (Å²) in [6.45, 7) is 4.64. The van der Waals surface area contributed by atoms with Crippen LogP contribution in [-0.4, -0.2) is 35.0 Å². The van der Waals surface area contributed by atoms with E-state index in [9.17, 15) is 9.59 Å². The van der Waals surface area contributed by atoms with Gasteiger partial charge in [0, 0.05) is 46.1 Å². The number of hydrogen-bond acceptors (Lipinski definition) is 5. The van der Waals surface area contributed by atoms with Crippen LogP contribution in [0.4, 0.5) is 5.69 Å². The van der Waals surface area contributed by atoms with Gasteiger partial charge in [-0.15, -0.1) is 0 Å². The molecule has 2 aromatic carbocycles. The first-order chi connectivity index (χ1) is 16.4. The van der Waals surface area contributed by atoms with Crippen LogP contribution in [0.15, 0.2) is 60.8 Å². The molecule has 0 fully saturated rings. The second kappa shape index (κ2) is 9.97. The predicted molar refractivity (Wildman–Crippen MR) is 132 cm³/mol. The topological polar surface area (TPSA) is 82.5 Å². The highest BCUT2D eigenvalue weighted by Crippen LogP contribution is 2.31. The first-order valence-electron chi connectivity index (χ1n) is 10.8. The van der Waals surface area contributed by atoms with Gasteiger partial charge in [-0.3, -0.25) is 9.59 Å². The van der Waals surface area contributed by atoms with Crippen molar-refractivity contribution in [2.45, 2.75) is 20.4 Å². The van der Waals surface area contributed by atoms with E-state index in [1.165, 1.54) is 6.20 Å². The zero-order chi connectivity index (χ0) is 24.2. The van der Waals surface area contributed by atoms with Crippen LogP contribution in [0.25, 0.3) is 10.9 Å². The van der Waals surface area contributed by atoms with Gasteiger partial charge >= 0.3 is 0 Å². The molecule has 0 aliphatic rings. The molecule has 34 heavy (non-hydrogen) atoms. The number of ether oxygens (including phenoxy) is 2. The average Bonchev–Trinajstić information content (AvgIpc) is 3.10. The molecular weight excluding hydrogens is 454 g/mol. The number of anilines is 1. The van der Waals surface area contributed by atoms with E-state index in [4.69, 9.17) is 21.1 Å². The smallest absolute Gasteiger partial charge is 0.296 e. The Labute approximate surface area is 202 Å². The minimum absolute atomic E-state index is 0.333. The molecule has 0 bridgehead atoms. The Morgan fingerprint density at radius 3 is 2.56 bits per heavy atom. The van der Waals surface area contributed by atoms with Gasteiger partial charge < -0.3 is 19.4 Å². The summed E-state index contributed by atoms with van der Waals surface area (Å²) in [4.78, 5) is 30.4. The Bertz CT molecular complexity index is 1360. The maximum atomic E-state index is 13.4. The molecule has 1 N–H and O–H groups in total. The van der Waals surface area contributed by atoms with Crippen molar-refractivity contribution in [1.82, 2.24) is 9.55 Å². The summed E-state index contributed by atoms with van der Waals surface area (Å²) in [6.07, 6.45) is 1.51. The van der Waals surface area contributed by atoms with Crippen molar-refractivity contribution in [2.24, 2.45) is 0 Å². The van der Waals surface area contributed by atoms with Gasteiger partial charge in [-0.1, -0.05) is 23.7 Å². The molecule has 0 aliphatic carbocycles. The summed E-state index contributed by atoms with van der Waals surface area (Å²) >= 11 is 6.03. The summed E-state index contributed by atoms with van der Waals surface area (Å²) in [5, 5.41) is 3.96. The lowest BCUT2D eigenvalue weighted by atomic mass is 10.1. The summed E-state index contributed by atoms with van der Waals surface area (Å²) in [5.41, 5.74) is 3.29. The van der Waals surface area contributed by atoms with Crippen LogP contribution >= 0.6 is 11.6 Å². The number of carbonyl (C=O) groups excluding carboxylic acids is 2. The van der Waals surface area contributed by atoms with Gasteiger partial charge in [0.2, 0.25) is 5.88 Å². The first-order valence-corrected chi connectivity index (χ1v) is 11.1. The van der Waals surface area contributed by atoms with E-state index >= 15 is 0 Å². The van der Waals surface area contributed by atoms with E-state index in [0.717, 1.165) is 11.1 Å². The van der Waals surface area contributed by atoms with E-state index in [1.54, 1.807) is 25.3 Å². The van der Waals surface area contributed by atoms with Crippen LogP contribution < -0.4 is 14.8 Å². The SMILES string of the molecule is CCOc1cc(NC(=O)C(=O)c2c(C)n(Cc3ccc(Cl)cc3)c3ccc(OC)cc23)ccn1. The van der Waals surface area contributed by atoms with Crippen LogP contribution in [0.3, 0.4) is 0 Å². The number of benzene rings is 2. The molecule has 174 valence electrons. The number of pyridine rings is 1. The molecule has 0 spiro atoms. The highest BCUT2D eigenvalue weighted by atomic mass is 35.5. The molecular formula is C26H24ClN3O4.